The molecule has 0 bridgehead atoms. The molecule has 3 nitrogen and oxygen atoms in total. The van der Waals surface area contributed by atoms with Crippen LogP contribution in [0.15, 0.2) is 6.33 Å². The van der Waals surface area contributed by atoms with Crippen molar-refractivity contribution in [3.05, 3.63) is 17.6 Å². The SMILES string of the molecule is CC(C)(CCl)CNc1ncnc2c1CCC2. The zero-order valence-electron chi connectivity index (χ0n) is 9.89. The normalized spacial score (nSPS) is 14.9. The highest BCUT2D eigenvalue weighted by atomic mass is 35.5. The van der Waals surface area contributed by atoms with E-state index < -0.39 is 0 Å². The van der Waals surface area contributed by atoms with Gasteiger partial charge in [0.2, 0.25) is 0 Å². The number of hydrogen-bond acceptors (Lipinski definition) is 3. The van der Waals surface area contributed by atoms with Crippen LogP contribution in [-0.2, 0) is 12.8 Å². The predicted molar refractivity (Wildman–Crippen MR) is 67.0 cm³/mol. The van der Waals surface area contributed by atoms with Gasteiger partial charge in [0.25, 0.3) is 0 Å². The first kappa shape index (κ1) is 11.6. The van der Waals surface area contributed by atoms with Crippen LogP contribution < -0.4 is 5.32 Å². The standard InChI is InChI=1S/C12H18ClN3/c1-12(2,6-13)7-14-11-9-4-3-5-10(9)15-8-16-11/h8H,3-7H2,1-2H3,(H,14,15,16). The summed E-state index contributed by atoms with van der Waals surface area (Å²) in [7, 11) is 0. The fourth-order valence-electron chi connectivity index (χ4n) is 1.88. The van der Waals surface area contributed by atoms with Gasteiger partial charge in [0.15, 0.2) is 0 Å². The Morgan fingerprint density at radius 3 is 2.94 bits per heavy atom. The van der Waals surface area contributed by atoms with E-state index in [1.807, 2.05) is 0 Å². The molecule has 1 aliphatic rings. The third kappa shape index (κ3) is 2.46. The third-order valence-electron chi connectivity index (χ3n) is 2.97. The van der Waals surface area contributed by atoms with Gasteiger partial charge in [-0.15, -0.1) is 11.6 Å². The van der Waals surface area contributed by atoms with Crippen LogP contribution >= 0.6 is 11.6 Å². The van der Waals surface area contributed by atoms with Crippen molar-refractivity contribution >= 4 is 17.4 Å². The van der Waals surface area contributed by atoms with Crippen molar-refractivity contribution in [2.75, 3.05) is 17.7 Å². The molecule has 1 aliphatic carbocycles. The molecule has 1 N–H and O–H groups in total. The topological polar surface area (TPSA) is 37.8 Å². The predicted octanol–water partition coefficient (Wildman–Crippen LogP) is 2.64. The number of nitrogens with one attached hydrogen (secondary N) is 1. The Labute approximate surface area is 102 Å². The molecule has 16 heavy (non-hydrogen) atoms. The number of halogens is 1. The Balaban J connectivity index is 2.08. The quantitative estimate of drug-likeness (QED) is 0.821. The number of nitrogens with zero attached hydrogens (tertiary/aromatic N) is 2. The van der Waals surface area contributed by atoms with Crippen LogP contribution in [0.2, 0.25) is 0 Å². The fraction of sp³-hybridized carbons (Fsp3) is 0.667. The lowest BCUT2D eigenvalue weighted by atomic mass is 9.96. The first-order valence-corrected chi connectivity index (χ1v) is 6.28. The maximum absolute atomic E-state index is 5.90. The van der Waals surface area contributed by atoms with Gasteiger partial charge in [-0.2, -0.15) is 0 Å². The molecule has 0 aliphatic heterocycles. The molecule has 0 unspecified atom stereocenters. The molecule has 88 valence electrons. The fourth-order valence-corrected chi connectivity index (χ4v) is 1.98. The average molecular weight is 240 g/mol. The number of anilines is 1. The van der Waals surface area contributed by atoms with Gasteiger partial charge >= 0.3 is 0 Å². The summed E-state index contributed by atoms with van der Waals surface area (Å²) in [6.07, 6.45) is 5.03. The Kier molecular flexibility index (Phi) is 3.33. The summed E-state index contributed by atoms with van der Waals surface area (Å²) >= 11 is 5.90. The Morgan fingerprint density at radius 2 is 2.19 bits per heavy atom. The molecule has 0 atom stereocenters. The molecule has 0 saturated heterocycles. The van der Waals surface area contributed by atoms with E-state index >= 15 is 0 Å². The van der Waals surface area contributed by atoms with E-state index in [-0.39, 0.29) is 5.41 Å². The summed E-state index contributed by atoms with van der Waals surface area (Å²) in [5.41, 5.74) is 2.60. The third-order valence-corrected chi connectivity index (χ3v) is 3.69. The van der Waals surface area contributed by atoms with Crippen LogP contribution in [0.25, 0.3) is 0 Å². The molecule has 2 rings (SSSR count). The number of alkyl halides is 1. The monoisotopic (exact) mass is 239 g/mol. The maximum Gasteiger partial charge on any atom is 0.132 e. The second-order valence-corrected chi connectivity index (χ2v) is 5.42. The van der Waals surface area contributed by atoms with E-state index in [9.17, 15) is 0 Å². The molecule has 1 aromatic rings. The second-order valence-electron chi connectivity index (χ2n) is 5.15. The first-order chi connectivity index (χ1) is 7.62. The van der Waals surface area contributed by atoms with Crippen LogP contribution in [0.5, 0.6) is 0 Å². The van der Waals surface area contributed by atoms with E-state index in [4.69, 9.17) is 11.6 Å². The van der Waals surface area contributed by atoms with E-state index in [0.717, 1.165) is 25.2 Å². The van der Waals surface area contributed by atoms with Gasteiger partial charge in [-0.05, 0) is 24.7 Å². The maximum atomic E-state index is 5.90. The summed E-state index contributed by atoms with van der Waals surface area (Å²) in [5.74, 6) is 1.65. The van der Waals surface area contributed by atoms with Gasteiger partial charge in [-0.25, -0.2) is 9.97 Å². The summed E-state index contributed by atoms with van der Waals surface area (Å²) < 4.78 is 0. The number of fused-ring (bicyclic) bond motifs is 1. The van der Waals surface area contributed by atoms with Gasteiger partial charge < -0.3 is 5.32 Å². The van der Waals surface area contributed by atoms with Crippen molar-refractivity contribution in [1.29, 1.82) is 0 Å². The molecular formula is C12H18ClN3. The Bertz CT molecular complexity index is 377. The second kappa shape index (κ2) is 4.58. The van der Waals surface area contributed by atoms with Gasteiger partial charge in [-0.3, -0.25) is 0 Å². The lowest BCUT2D eigenvalue weighted by molar-refractivity contribution is 0.449. The van der Waals surface area contributed by atoms with E-state index in [1.165, 1.54) is 17.7 Å². The molecule has 0 aromatic carbocycles. The van der Waals surface area contributed by atoms with E-state index in [2.05, 4.69) is 29.1 Å². The number of aryl methyl sites for hydroxylation is 1. The van der Waals surface area contributed by atoms with Crippen LogP contribution in [0.3, 0.4) is 0 Å². The highest BCUT2D eigenvalue weighted by Crippen LogP contribution is 2.26. The largest absolute Gasteiger partial charge is 0.369 e. The molecule has 0 amide bonds. The molecule has 0 radical (unpaired) electrons. The first-order valence-electron chi connectivity index (χ1n) is 5.75. The molecule has 0 saturated carbocycles. The van der Waals surface area contributed by atoms with E-state index in [0.29, 0.717) is 5.88 Å². The van der Waals surface area contributed by atoms with Crippen LogP contribution in [0, 0.1) is 5.41 Å². The van der Waals surface area contributed by atoms with Crippen molar-refractivity contribution in [2.45, 2.75) is 33.1 Å². The minimum absolute atomic E-state index is 0.0952. The molecule has 0 fully saturated rings. The highest BCUT2D eigenvalue weighted by molar-refractivity contribution is 6.18. The lowest BCUT2D eigenvalue weighted by Gasteiger charge is -2.22. The highest BCUT2D eigenvalue weighted by Gasteiger charge is 2.20. The summed E-state index contributed by atoms with van der Waals surface area (Å²) in [4.78, 5) is 8.63. The molecule has 1 aromatic heterocycles. The van der Waals surface area contributed by atoms with Crippen LogP contribution in [0.4, 0.5) is 5.82 Å². The summed E-state index contributed by atoms with van der Waals surface area (Å²) in [6.45, 7) is 5.14. The van der Waals surface area contributed by atoms with Gasteiger partial charge in [0.05, 0.1) is 0 Å². The minimum Gasteiger partial charge on any atom is -0.369 e. The smallest absolute Gasteiger partial charge is 0.132 e. The molecule has 4 heteroatoms. The Hall–Kier alpha value is -0.830. The van der Waals surface area contributed by atoms with Crippen molar-refractivity contribution in [2.24, 2.45) is 5.41 Å². The zero-order valence-corrected chi connectivity index (χ0v) is 10.6. The van der Waals surface area contributed by atoms with Crippen molar-refractivity contribution in [1.82, 2.24) is 9.97 Å². The molecule has 1 heterocycles. The number of aromatic nitrogens is 2. The van der Waals surface area contributed by atoms with Crippen molar-refractivity contribution < 1.29 is 0 Å². The van der Waals surface area contributed by atoms with Crippen molar-refractivity contribution in [3.8, 4) is 0 Å². The minimum atomic E-state index is 0.0952. The zero-order chi connectivity index (χ0) is 11.6. The van der Waals surface area contributed by atoms with Crippen LogP contribution in [-0.4, -0.2) is 22.4 Å². The molecular weight excluding hydrogens is 222 g/mol. The van der Waals surface area contributed by atoms with E-state index in [1.54, 1.807) is 6.33 Å². The number of hydrogen-bond donors (Lipinski definition) is 1. The summed E-state index contributed by atoms with van der Waals surface area (Å²) in [6, 6.07) is 0. The lowest BCUT2D eigenvalue weighted by Crippen LogP contribution is -2.25. The van der Waals surface area contributed by atoms with Gasteiger partial charge in [-0.1, -0.05) is 13.8 Å². The molecule has 0 spiro atoms. The van der Waals surface area contributed by atoms with Gasteiger partial charge in [0.1, 0.15) is 12.1 Å². The Morgan fingerprint density at radius 1 is 1.38 bits per heavy atom. The van der Waals surface area contributed by atoms with Crippen LogP contribution in [0.1, 0.15) is 31.5 Å². The van der Waals surface area contributed by atoms with Gasteiger partial charge in [0, 0.05) is 23.7 Å². The van der Waals surface area contributed by atoms with Crippen molar-refractivity contribution in [3.63, 3.8) is 0 Å². The average Bonchev–Trinajstić information content (AvgIpc) is 2.75. The number of rotatable bonds is 4. The summed E-state index contributed by atoms with van der Waals surface area (Å²) in [5, 5.41) is 3.40.